The lowest BCUT2D eigenvalue weighted by molar-refractivity contribution is 0.0569. The van der Waals surface area contributed by atoms with Gasteiger partial charge in [0.25, 0.3) is 5.56 Å². The molecule has 1 aromatic heterocycles. The van der Waals surface area contributed by atoms with Crippen molar-refractivity contribution in [1.82, 2.24) is 15.2 Å². The minimum Gasteiger partial charge on any atom is -0.326 e. The number of hydrogen-bond donors (Lipinski definition) is 2. The van der Waals surface area contributed by atoms with Crippen molar-refractivity contribution in [3.8, 4) is 11.1 Å². The molecule has 4 rings (SSSR count). The molecule has 1 aliphatic heterocycles. The van der Waals surface area contributed by atoms with Crippen LogP contribution in [0.15, 0.2) is 41.2 Å². The van der Waals surface area contributed by atoms with E-state index < -0.39 is 0 Å². The zero-order valence-electron chi connectivity index (χ0n) is 15.0. The van der Waals surface area contributed by atoms with Crippen molar-refractivity contribution in [3.63, 3.8) is 0 Å². The smallest absolute Gasteiger partial charge is 0.252 e. The number of rotatable bonds is 3. The predicted molar refractivity (Wildman–Crippen MR) is 102 cm³/mol. The molecule has 2 aromatic rings. The SMILES string of the molecule is Cc1[nH]c(=O)c(CN2CCNCC23CCCC3)cc1-c1ccccc1. The van der Waals surface area contributed by atoms with Gasteiger partial charge in [0.15, 0.2) is 0 Å². The van der Waals surface area contributed by atoms with E-state index in [4.69, 9.17) is 0 Å². The lowest BCUT2D eigenvalue weighted by atomic mass is 9.92. The van der Waals surface area contributed by atoms with E-state index in [0.717, 1.165) is 48.6 Å². The van der Waals surface area contributed by atoms with Crippen molar-refractivity contribution >= 4 is 0 Å². The maximum Gasteiger partial charge on any atom is 0.252 e. The molecule has 0 radical (unpaired) electrons. The van der Waals surface area contributed by atoms with Gasteiger partial charge in [-0.3, -0.25) is 9.69 Å². The molecule has 4 heteroatoms. The standard InChI is InChI=1S/C21H27N3O/c1-16-19(17-7-3-2-4-8-17)13-18(20(25)23-16)14-24-12-11-22-15-21(24)9-5-6-10-21/h2-4,7-8,13,22H,5-6,9-12,14-15H2,1H3,(H,23,25). The highest BCUT2D eigenvalue weighted by Gasteiger charge is 2.41. The molecule has 1 saturated carbocycles. The molecule has 1 aromatic carbocycles. The Hall–Kier alpha value is -1.91. The summed E-state index contributed by atoms with van der Waals surface area (Å²) < 4.78 is 0. The third kappa shape index (κ3) is 3.16. The molecule has 0 amide bonds. The number of aryl methyl sites for hydroxylation is 1. The van der Waals surface area contributed by atoms with Gasteiger partial charge in [0.2, 0.25) is 0 Å². The number of benzene rings is 1. The van der Waals surface area contributed by atoms with Gasteiger partial charge in [-0.2, -0.15) is 0 Å². The van der Waals surface area contributed by atoms with Crippen molar-refractivity contribution in [2.75, 3.05) is 19.6 Å². The lowest BCUT2D eigenvalue weighted by Gasteiger charge is -2.45. The van der Waals surface area contributed by atoms with Gasteiger partial charge >= 0.3 is 0 Å². The van der Waals surface area contributed by atoms with E-state index in [1.165, 1.54) is 25.7 Å². The number of H-pyrrole nitrogens is 1. The first-order valence-electron chi connectivity index (χ1n) is 9.42. The second-order valence-corrected chi connectivity index (χ2v) is 7.56. The van der Waals surface area contributed by atoms with Gasteiger partial charge in [-0.15, -0.1) is 0 Å². The second kappa shape index (κ2) is 6.77. The Balaban J connectivity index is 1.67. The number of hydrogen-bond acceptors (Lipinski definition) is 3. The van der Waals surface area contributed by atoms with Crippen LogP contribution in [0.3, 0.4) is 0 Å². The Morgan fingerprint density at radius 2 is 1.92 bits per heavy atom. The second-order valence-electron chi connectivity index (χ2n) is 7.56. The van der Waals surface area contributed by atoms with E-state index in [-0.39, 0.29) is 11.1 Å². The van der Waals surface area contributed by atoms with E-state index in [1.807, 2.05) is 25.1 Å². The molecule has 4 nitrogen and oxygen atoms in total. The molecule has 132 valence electrons. The fourth-order valence-electron chi connectivity index (χ4n) is 4.56. The van der Waals surface area contributed by atoms with Crippen LogP contribution in [0.25, 0.3) is 11.1 Å². The van der Waals surface area contributed by atoms with Crippen molar-refractivity contribution < 1.29 is 0 Å². The minimum atomic E-state index is 0.0591. The van der Waals surface area contributed by atoms with Crippen LogP contribution in [0.1, 0.15) is 36.9 Å². The summed E-state index contributed by atoms with van der Waals surface area (Å²) in [5.74, 6) is 0. The Morgan fingerprint density at radius 3 is 2.68 bits per heavy atom. The number of nitrogens with one attached hydrogen (secondary N) is 2. The highest BCUT2D eigenvalue weighted by molar-refractivity contribution is 5.66. The third-order valence-corrected chi connectivity index (χ3v) is 5.98. The van der Waals surface area contributed by atoms with Crippen molar-refractivity contribution in [3.05, 3.63) is 58.0 Å². The van der Waals surface area contributed by atoms with Crippen LogP contribution in [0, 0.1) is 6.92 Å². The van der Waals surface area contributed by atoms with Crippen LogP contribution in [0.2, 0.25) is 0 Å². The minimum absolute atomic E-state index is 0.0591. The number of aromatic nitrogens is 1. The Bertz CT molecular complexity index is 791. The van der Waals surface area contributed by atoms with Gasteiger partial charge in [0.1, 0.15) is 0 Å². The zero-order valence-corrected chi connectivity index (χ0v) is 15.0. The zero-order chi connectivity index (χ0) is 17.3. The molecular weight excluding hydrogens is 310 g/mol. The van der Waals surface area contributed by atoms with Gasteiger partial charge < -0.3 is 10.3 Å². The first-order chi connectivity index (χ1) is 12.2. The summed E-state index contributed by atoms with van der Waals surface area (Å²) in [5.41, 5.74) is 4.43. The van der Waals surface area contributed by atoms with Crippen LogP contribution in [0.5, 0.6) is 0 Å². The van der Waals surface area contributed by atoms with Crippen molar-refractivity contribution in [2.45, 2.75) is 44.7 Å². The van der Waals surface area contributed by atoms with Crippen molar-refractivity contribution in [2.24, 2.45) is 0 Å². The predicted octanol–water partition coefficient (Wildman–Crippen LogP) is 3.07. The number of pyridine rings is 1. The molecule has 1 spiro atoms. The Kier molecular flexibility index (Phi) is 4.48. The first-order valence-corrected chi connectivity index (χ1v) is 9.42. The van der Waals surface area contributed by atoms with Gasteiger partial charge in [-0.25, -0.2) is 0 Å². The van der Waals surface area contributed by atoms with Gasteiger partial charge in [-0.05, 0) is 31.4 Å². The van der Waals surface area contributed by atoms with Crippen LogP contribution in [-0.4, -0.2) is 35.1 Å². The highest BCUT2D eigenvalue weighted by Crippen LogP contribution is 2.37. The van der Waals surface area contributed by atoms with Crippen LogP contribution >= 0.6 is 0 Å². The number of piperazine rings is 1. The normalized spacial score (nSPS) is 20.2. The molecule has 0 unspecified atom stereocenters. The van der Waals surface area contributed by atoms with Gasteiger partial charge in [0, 0.05) is 48.5 Å². The lowest BCUT2D eigenvalue weighted by Crippen LogP contribution is -2.59. The van der Waals surface area contributed by atoms with E-state index in [2.05, 4.69) is 33.4 Å². The van der Waals surface area contributed by atoms with Gasteiger partial charge in [-0.1, -0.05) is 43.2 Å². The summed E-state index contributed by atoms with van der Waals surface area (Å²) in [4.78, 5) is 18.2. The molecule has 0 atom stereocenters. The van der Waals surface area contributed by atoms with E-state index in [1.54, 1.807) is 0 Å². The van der Waals surface area contributed by atoms with E-state index in [0.29, 0.717) is 0 Å². The van der Waals surface area contributed by atoms with Crippen LogP contribution < -0.4 is 10.9 Å². The van der Waals surface area contributed by atoms with Crippen molar-refractivity contribution in [1.29, 1.82) is 0 Å². The quantitative estimate of drug-likeness (QED) is 0.905. The topological polar surface area (TPSA) is 48.1 Å². The molecule has 2 heterocycles. The summed E-state index contributed by atoms with van der Waals surface area (Å²) in [6, 6.07) is 12.4. The first kappa shape index (κ1) is 16.6. The monoisotopic (exact) mass is 337 g/mol. The Labute approximate surface area is 149 Å². The molecule has 1 saturated heterocycles. The molecule has 25 heavy (non-hydrogen) atoms. The number of aromatic amines is 1. The molecule has 2 aliphatic rings. The maximum absolute atomic E-state index is 12.6. The summed E-state index contributed by atoms with van der Waals surface area (Å²) in [6.45, 7) is 5.82. The summed E-state index contributed by atoms with van der Waals surface area (Å²) in [6.07, 6.45) is 5.10. The van der Waals surface area contributed by atoms with Gasteiger partial charge in [0.05, 0.1) is 0 Å². The van der Waals surface area contributed by atoms with Crippen LogP contribution in [-0.2, 0) is 6.54 Å². The maximum atomic E-state index is 12.6. The molecule has 2 N–H and O–H groups in total. The summed E-state index contributed by atoms with van der Waals surface area (Å²) in [5, 5.41) is 3.57. The highest BCUT2D eigenvalue weighted by atomic mass is 16.1. The molecule has 2 fully saturated rings. The van der Waals surface area contributed by atoms with Crippen LogP contribution in [0.4, 0.5) is 0 Å². The molecule has 0 bridgehead atoms. The third-order valence-electron chi connectivity index (χ3n) is 5.98. The fraction of sp³-hybridized carbons (Fsp3) is 0.476. The number of nitrogens with zero attached hydrogens (tertiary/aromatic N) is 1. The van der Waals surface area contributed by atoms with E-state index in [9.17, 15) is 4.79 Å². The fourth-order valence-corrected chi connectivity index (χ4v) is 4.56. The largest absolute Gasteiger partial charge is 0.326 e. The summed E-state index contributed by atoms with van der Waals surface area (Å²) in [7, 11) is 0. The average Bonchev–Trinajstić information content (AvgIpc) is 3.09. The Morgan fingerprint density at radius 1 is 1.16 bits per heavy atom. The average molecular weight is 337 g/mol. The molecular formula is C21H27N3O. The summed E-state index contributed by atoms with van der Waals surface area (Å²) >= 11 is 0. The molecule has 1 aliphatic carbocycles. The van der Waals surface area contributed by atoms with E-state index >= 15 is 0 Å².